The molecule has 5 fully saturated rings. The minimum absolute atomic E-state index is 0.0974. The molecule has 1 N–H and O–H groups in total. The molecule has 0 amide bonds. The number of nitrogens with zero attached hydrogens (tertiary/aromatic N) is 1. The second kappa shape index (κ2) is 6.78. The maximum absolute atomic E-state index is 14.3. The van der Waals surface area contributed by atoms with Gasteiger partial charge in [-0.3, -0.25) is 4.79 Å². The van der Waals surface area contributed by atoms with Crippen molar-refractivity contribution in [1.29, 1.82) is 0 Å². The van der Waals surface area contributed by atoms with Crippen molar-refractivity contribution in [2.75, 3.05) is 13.1 Å². The molecule has 4 nitrogen and oxygen atoms in total. The van der Waals surface area contributed by atoms with E-state index in [1.165, 1.54) is 18.6 Å². The third kappa shape index (κ3) is 2.79. The highest BCUT2D eigenvalue weighted by atomic mass is 19.1. The highest BCUT2D eigenvalue weighted by Crippen LogP contribution is 2.65. The van der Waals surface area contributed by atoms with Crippen molar-refractivity contribution >= 4 is 11.5 Å². The van der Waals surface area contributed by atoms with E-state index < -0.39 is 11.6 Å². The van der Waals surface area contributed by atoms with Gasteiger partial charge in [-0.1, -0.05) is 19.0 Å². The van der Waals surface area contributed by atoms with Crippen molar-refractivity contribution in [3.63, 3.8) is 0 Å². The van der Waals surface area contributed by atoms with E-state index in [0.29, 0.717) is 29.6 Å². The van der Waals surface area contributed by atoms with Crippen LogP contribution in [-0.2, 0) is 9.63 Å². The molecule has 156 valence electrons. The lowest BCUT2D eigenvalue weighted by Gasteiger charge is -2.59. The van der Waals surface area contributed by atoms with E-state index >= 15 is 0 Å². The fraction of sp³-hybridized carbons (Fsp3) is 0.913. The molecule has 0 radical (unpaired) electrons. The summed E-state index contributed by atoms with van der Waals surface area (Å²) in [5.41, 5.74) is 1.16. The highest BCUT2D eigenvalue weighted by molar-refractivity contribution is 5.91. The first kappa shape index (κ1) is 19.0. The lowest BCUT2D eigenvalue weighted by molar-refractivity contribution is -0.139. The molecular formula is C23H35FN2O2. The average molecular weight is 391 g/mol. The largest absolute Gasteiger partial charge is 0.391 e. The lowest BCUT2D eigenvalue weighted by atomic mass is 9.45. The Morgan fingerprint density at radius 2 is 2.00 bits per heavy atom. The first-order valence-corrected chi connectivity index (χ1v) is 11.5. The quantitative estimate of drug-likeness (QED) is 0.716. The topological polar surface area (TPSA) is 50.7 Å². The minimum Gasteiger partial charge on any atom is -0.391 e. The number of ketones is 1. The maximum Gasteiger partial charge on any atom is 0.173 e. The van der Waals surface area contributed by atoms with E-state index in [2.05, 4.69) is 24.3 Å². The number of fused-ring (bicyclic) bond motifs is 5. The number of hydrogen-bond donors (Lipinski definition) is 1. The zero-order valence-electron chi connectivity index (χ0n) is 17.4. The Labute approximate surface area is 168 Å². The van der Waals surface area contributed by atoms with Gasteiger partial charge < -0.3 is 10.2 Å². The number of nitrogens with one attached hydrogen (secondary N) is 1. The number of halogens is 1. The van der Waals surface area contributed by atoms with Crippen molar-refractivity contribution in [2.24, 2.45) is 39.7 Å². The van der Waals surface area contributed by atoms with Crippen LogP contribution in [0, 0.1) is 34.5 Å². The van der Waals surface area contributed by atoms with Crippen molar-refractivity contribution in [3.8, 4) is 0 Å². The van der Waals surface area contributed by atoms with Crippen LogP contribution in [0.25, 0.3) is 0 Å². The number of carbonyl (C=O) groups is 1. The SMILES string of the molecule is C[C@]12CCC(=NOC3CCNC3)CC1CCC1C2CC[C@]2(C)C(=O)C(F)CC12. The summed E-state index contributed by atoms with van der Waals surface area (Å²) >= 11 is 0. The van der Waals surface area contributed by atoms with Crippen LogP contribution in [0.5, 0.6) is 0 Å². The number of alkyl halides is 1. The van der Waals surface area contributed by atoms with Crippen LogP contribution in [-0.4, -0.2) is 36.9 Å². The first-order chi connectivity index (χ1) is 13.4. The van der Waals surface area contributed by atoms with Crippen molar-refractivity contribution in [3.05, 3.63) is 0 Å². The zero-order chi connectivity index (χ0) is 19.5. The molecule has 0 aromatic rings. The molecule has 0 aromatic carbocycles. The van der Waals surface area contributed by atoms with Crippen LogP contribution in [0.2, 0.25) is 0 Å². The average Bonchev–Trinajstić information content (AvgIpc) is 3.28. The number of rotatable bonds is 2. The minimum atomic E-state index is -1.22. The summed E-state index contributed by atoms with van der Waals surface area (Å²) in [6.45, 7) is 6.49. The number of Topliss-reactive ketones (excluding diaryl/α,β-unsaturated/α-hetero) is 1. The first-order valence-electron chi connectivity index (χ1n) is 11.5. The summed E-state index contributed by atoms with van der Waals surface area (Å²) in [5, 5.41) is 7.88. The second-order valence-corrected chi connectivity index (χ2v) is 10.8. The molecule has 4 aliphatic carbocycles. The second-order valence-electron chi connectivity index (χ2n) is 10.8. The fourth-order valence-electron chi connectivity index (χ4n) is 7.76. The molecule has 1 aliphatic heterocycles. The third-order valence-corrected chi connectivity index (χ3v) is 9.54. The Morgan fingerprint density at radius 3 is 2.79 bits per heavy atom. The van der Waals surface area contributed by atoms with E-state index in [9.17, 15) is 9.18 Å². The molecule has 0 aromatic heterocycles. The van der Waals surface area contributed by atoms with Crippen molar-refractivity contribution in [1.82, 2.24) is 5.32 Å². The highest BCUT2D eigenvalue weighted by Gasteiger charge is 2.62. The van der Waals surface area contributed by atoms with Gasteiger partial charge in [0.1, 0.15) is 6.10 Å². The standard InChI is InChI=1S/C23H35FN2O2/c1-22-8-5-15(26-28-16-7-10-25-13-16)11-14(22)3-4-17-18(22)6-9-23(2)19(17)12-20(24)21(23)27/h14,16-20,25H,3-13H2,1-2H3/t14?,16?,17?,18?,19?,20?,22-,23-/m0/s1. The Bertz CT molecular complexity index is 676. The van der Waals surface area contributed by atoms with Gasteiger partial charge >= 0.3 is 0 Å². The molecule has 8 atom stereocenters. The molecule has 5 aliphatic rings. The van der Waals surface area contributed by atoms with E-state index in [0.717, 1.165) is 51.6 Å². The molecule has 5 rings (SSSR count). The number of oxime groups is 1. The summed E-state index contributed by atoms with van der Waals surface area (Å²) in [5.74, 6) is 2.00. The van der Waals surface area contributed by atoms with Crippen LogP contribution in [0.1, 0.15) is 71.6 Å². The van der Waals surface area contributed by atoms with Crippen LogP contribution in [0.3, 0.4) is 0 Å². The van der Waals surface area contributed by atoms with Gasteiger partial charge in [-0.05, 0) is 87.0 Å². The van der Waals surface area contributed by atoms with Crippen molar-refractivity contribution in [2.45, 2.75) is 83.9 Å². The van der Waals surface area contributed by atoms with Crippen LogP contribution in [0.15, 0.2) is 5.16 Å². The van der Waals surface area contributed by atoms with Gasteiger partial charge in [0.15, 0.2) is 12.0 Å². The Balaban J connectivity index is 1.31. The monoisotopic (exact) mass is 390 g/mol. The predicted molar refractivity (Wildman–Crippen MR) is 107 cm³/mol. The normalized spacial score (nSPS) is 52.2. The van der Waals surface area contributed by atoms with E-state index in [4.69, 9.17) is 4.84 Å². The van der Waals surface area contributed by atoms with E-state index in [-0.39, 0.29) is 17.8 Å². The predicted octanol–water partition coefficient (Wildman–Crippen LogP) is 4.28. The van der Waals surface area contributed by atoms with E-state index in [1.54, 1.807) is 0 Å². The van der Waals surface area contributed by atoms with Gasteiger partial charge in [0.05, 0.1) is 5.71 Å². The summed E-state index contributed by atoms with van der Waals surface area (Å²) in [6.07, 6.45) is 8.15. The molecule has 0 bridgehead atoms. The van der Waals surface area contributed by atoms with Crippen LogP contribution < -0.4 is 5.32 Å². The smallest absolute Gasteiger partial charge is 0.173 e. The van der Waals surface area contributed by atoms with Gasteiger partial charge in [-0.25, -0.2) is 4.39 Å². The zero-order valence-corrected chi connectivity index (χ0v) is 17.4. The maximum atomic E-state index is 14.3. The molecule has 5 heteroatoms. The molecule has 4 saturated carbocycles. The van der Waals surface area contributed by atoms with Gasteiger partial charge in [0, 0.05) is 18.4 Å². The van der Waals surface area contributed by atoms with E-state index in [1.807, 2.05) is 0 Å². The number of carbonyl (C=O) groups excluding carboxylic acids is 1. The van der Waals surface area contributed by atoms with Gasteiger partial charge in [0.2, 0.25) is 0 Å². The van der Waals surface area contributed by atoms with Crippen LogP contribution >= 0.6 is 0 Å². The fourth-order valence-corrected chi connectivity index (χ4v) is 7.76. The molecular weight excluding hydrogens is 355 g/mol. The Kier molecular flexibility index (Phi) is 4.61. The summed E-state index contributed by atoms with van der Waals surface area (Å²) in [6, 6.07) is 0. The summed E-state index contributed by atoms with van der Waals surface area (Å²) < 4.78 is 14.3. The Morgan fingerprint density at radius 1 is 1.14 bits per heavy atom. The third-order valence-electron chi connectivity index (χ3n) is 9.54. The van der Waals surface area contributed by atoms with Gasteiger partial charge in [-0.2, -0.15) is 0 Å². The van der Waals surface area contributed by atoms with Gasteiger partial charge in [-0.15, -0.1) is 0 Å². The summed E-state index contributed by atoms with van der Waals surface area (Å²) in [7, 11) is 0. The van der Waals surface area contributed by atoms with Crippen molar-refractivity contribution < 1.29 is 14.0 Å². The Hall–Kier alpha value is -0.970. The molecule has 1 saturated heterocycles. The van der Waals surface area contributed by atoms with Gasteiger partial charge in [0.25, 0.3) is 0 Å². The lowest BCUT2D eigenvalue weighted by Crippen LogP contribution is -2.53. The number of hydrogen-bond acceptors (Lipinski definition) is 4. The summed E-state index contributed by atoms with van der Waals surface area (Å²) in [4.78, 5) is 18.3. The molecule has 6 unspecified atom stereocenters. The molecule has 1 heterocycles. The molecule has 0 spiro atoms. The van der Waals surface area contributed by atoms with Crippen LogP contribution in [0.4, 0.5) is 4.39 Å². The molecule has 28 heavy (non-hydrogen) atoms.